The lowest BCUT2D eigenvalue weighted by Crippen LogP contribution is -2.39. The molecule has 6 nitrogen and oxygen atoms in total. The first-order chi connectivity index (χ1) is 13.7. The highest BCUT2D eigenvalue weighted by Gasteiger charge is 2.18. The summed E-state index contributed by atoms with van der Waals surface area (Å²) in [5, 5.41) is 10.7. The molecule has 0 radical (unpaired) electrons. The largest absolute Gasteiger partial charge is 0.433 e. The fourth-order valence-corrected chi connectivity index (χ4v) is 3.58. The molecule has 0 bridgehead atoms. The predicted molar refractivity (Wildman–Crippen MR) is 110 cm³/mol. The van der Waals surface area contributed by atoms with Crippen molar-refractivity contribution in [1.29, 1.82) is 0 Å². The van der Waals surface area contributed by atoms with Crippen molar-refractivity contribution < 1.29 is 18.0 Å². The maximum Gasteiger partial charge on any atom is 0.387 e. The molecule has 0 fully saturated rings. The number of rotatable bonds is 8. The van der Waals surface area contributed by atoms with Crippen molar-refractivity contribution >= 4 is 29.2 Å². The van der Waals surface area contributed by atoms with Crippen molar-refractivity contribution in [1.82, 2.24) is 15.8 Å². The second kappa shape index (κ2) is 10.6. The molecule has 1 aromatic heterocycles. The molecule has 160 valence electrons. The number of guanidine groups is 1. The minimum Gasteiger partial charge on any atom is -0.433 e. The van der Waals surface area contributed by atoms with Crippen LogP contribution in [0.1, 0.15) is 42.3 Å². The number of halogens is 4. The summed E-state index contributed by atoms with van der Waals surface area (Å²) < 4.78 is 35.2. The molecule has 1 heterocycles. The number of ether oxygens (including phenoxy) is 1. The van der Waals surface area contributed by atoms with Crippen LogP contribution in [-0.2, 0) is 6.54 Å². The lowest BCUT2D eigenvalue weighted by atomic mass is 10.00. The van der Waals surface area contributed by atoms with Crippen molar-refractivity contribution in [3.05, 3.63) is 44.8 Å². The normalized spacial score (nSPS) is 12.9. The van der Waals surface area contributed by atoms with Crippen LogP contribution in [0.5, 0.6) is 5.75 Å². The van der Waals surface area contributed by atoms with Crippen molar-refractivity contribution in [2.24, 2.45) is 4.99 Å². The summed E-state index contributed by atoms with van der Waals surface area (Å²) in [7, 11) is 0. The first kappa shape index (κ1) is 23.2. The number of aryl methyl sites for hydroxylation is 2. The third-order valence-corrected chi connectivity index (χ3v) is 4.70. The Morgan fingerprint density at radius 2 is 2.00 bits per heavy atom. The van der Waals surface area contributed by atoms with E-state index >= 15 is 0 Å². The number of alkyl halides is 2. The zero-order valence-electron chi connectivity index (χ0n) is 16.7. The van der Waals surface area contributed by atoms with Crippen LogP contribution in [0.2, 0.25) is 10.0 Å². The second-order valence-electron chi connectivity index (χ2n) is 6.47. The van der Waals surface area contributed by atoms with E-state index < -0.39 is 6.61 Å². The van der Waals surface area contributed by atoms with Gasteiger partial charge in [0, 0.05) is 35.2 Å². The molecule has 0 saturated carbocycles. The van der Waals surface area contributed by atoms with Crippen LogP contribution in [0.15, 0.2) is 21.6 Å². The van der Waals surface area contributed by atoms with E-state index in [4.69, 9.17) is 27.7 Å². The van der Waals surface area contributed by atoms with E-state index in [1.807, 2.05) is 20.8 Å². The number of nitrogens with one attached hydrogen (secondary N) is 2. The average molecular weight is 449 g/mol. The maximum atomic E-state index is 12.7. The summed E-state index contributed by atoms with van der Waals surface area (Å²) in [6, 6.07) is 2.85. The van der Waals surface area contributed by atoms with E-state index in [0.29, 0.717) is 29.6 Å². The summed E-state index contributed by atoms with van der Waals surface area (Å²) in [6.45, 7) is 6.00. The van der Waals surface area contributed by atoms with Gasteiger partial charge in [0.25, 0.3) is 0 Å². The number of aliphatic imine (C=N–C) groups is 1. The molecule has 1 aromatic carbocycles. The number of hydrogen-bond donors (Lipinski definition) is 2. The van der Waals surface area contributed by atoms with Crippen molar-refractivity contribution in [3.8, 4) is 5.75 Å². The highest BCUT2D eigenvalue weighted by molar-refractivity contribution is 6.35. The molecule has 0 aliphatic rings. The van der Waals surface area contributed by atoms with E-state index in [-0.39, 0.29) is 23.2 Å². The summed E-state index contributed by atoms with van der Waals surface area (Å²) in [4.78, 5) is 4.45. The molecule has 0 saturated heterocycles. The molecule has 0 aliphatic carbocycles. The van der Waals surface area contributed by atoms with Crippen LogP contribution < -0.4 is 15.4 Å². The van der Waals surface area contributed by atoms with Crippen LogP contribution in [0.4, 0.5) is 8.78 Å². The summed E-state index contributed by atoms with van der Waals surface area (Å²) in [6.07, 6.45) is 0. The highest BCUT2D eigenvalue weighted by Crippen LogP contribution is 2.34. The van der Waals surface area contributed by atoms with E-state index in [2.05, 4.69) is 32.4 Å². The van der Waals surface area contributed by atoms with E-state index in [0.717, 1.165) is 17.0 Å². The maximum absolute atomic E-state index is 12.7. The van der Waals surface area contributed by atoms with Gasteiger partial charge in [-0.05, 0) is 32.9 Å². The van der Waals surface area contributed by atoms with E-state index in [9.17, 15) is 8.78 Å². The van der Waals surface area contributed by atoms with Crippen LogP contribution >= 0.6 is 23.2 Å². The second-order valence-corrected chi connectivity index (χ2v) is 7.31. The van der Waals surface area contributed by atoms with Gasteiger partial charge in [0.05, 0.1) is 17.3 Å². The van der Waals surface area contributed by atoms with Crippen molar-refractivity contribution in [2.45, 2.75) is 46.8 Å². The SMILES string of the molecule is CCNC(=NCc1cc(Cl)cc(Cl)c1OC(F)F)NCC(C)c1c(C)noc1C. The van der Waals surface area contributed by atoms with Gasteiger partial charge < -0.3 is 19.9 Å². The Morgan fingerprint density at radius 1 is 1.28 bits per heavy atom. The zero-order chi connectivity index (χ0) is 21.6. The lowest BCUT2D eigenvalue weighted by Gasteiger charge is -2.16. The molecular formula is C19H24Cl2F2N4O2. The summed E-state index contributed by atoms with van der Waals surface area (Å²) >= 11 is 12.0. The molecule has 29 heavy (non-hydrogen) atoms. The number of benzene rings is 1. The Balaban J connectivity index is 2.15. The topological polar surface area (TPSA) is 71.7 Å². The van der Waals surface area contributed by atoms with Gasteiger partial charge in [-0.1, -0.05) is 35.3 Å². The van der Waals surface area contributed by atoms with Gasteiger partial charge in [-0.2, -0.15) is 8.78 Å². The van der Waals surface area contributed by atoms with Gasteiger partial charge in [0.1, 0.15) is 11.5 Å². The quantitative estimate of drug-likeness (QED) is 0.436. The molecule has 10 heteroatoms. The summed E-state index contributed by atoms with van der Waals surface area (Å²) in [5.74, 6) is 1.30. The number of nitrogens with zero attached hydrogens (tertiary/aromatic N) is 2. The average Bonchev–Trinajstić information content (AvgIpc) is 2.98. The smallest absolute Gasteiger partial charge is 0.387 e. The van der Waals surface area contributed by atoms with Gasteiger partial charge >= 0.3 is 6.61 Å². The molecule has 2 rings (SSSR count). The molecule has 0 amide bonds. The van der Waals surface area contributed by atoms with E-state index in [1.54, 1.807) is 0 Å². The molecule has 1 atom stereocenters. The number of hydrogen-bond acceptors (Lipinski definition) is 4. The predicted octanol–water partition coefficient (Wildman–Crippen LogP) is 5.06. The Kier molecular flexibility index (Phi) is 8.52. The van der Waals surface area contributed by atoms with Gasteiger partial charge in [-0.3, -0.25) is 0 Å². The standard InChI is InChI=1S/C19H24Cl2F2N4O2/c1-5-24-19(25-8-10(2)16-11(3)27-29-12(16)4)26-9-13-6-14(20)7-15(21)17(13)28-18(22)23/h6-7,10,18H,5,8-9H2,1-4H3,(H2,24,25,26). The fraction of sp³-hybridized carbons (Fsp3) is 0.474. The molecule has 0 aliphatic heterocycles. The Hall–Kier alpha value is -2.06. The molecule has 2 N–H and O–H groups in total. The van der Waals surface area contributed by atoms with Crippen LogP contribution in [0.25, 0.3) is 0 Å². The minimum atomic E-state index is -3.00. The summed E-state index contributed by atoms with van der Waals surface area (Å²) in [5.41, 5.74) is 2.25. The minimum absolute atomic E-state index is 0.00740. The number of aromatic nitrogens is 1. The monoisotopic (exact) mass is 448 g/mol. The van der Waals surface area contributed by atoms with Gasteiger partial charge in [-0.15, -0.1) is 0 Å². The molecule has 0 spiro atoms. The van der Waals surface area contributed by atoms with Crippen LogP contribution in [-0.4, -0.2) is 30.8 Å². The van der Waals surface area contributed by atoms with Gasteiger partial charge in [0.2, 0.25) is 0 Å². The van der Waals surface area contributed by atoms with Gasteiger partial charge in [-0.25, -0.2) is 4.99 Å². The van der Waals surface area contributed by atoms with Crippen LogP contribution in [0, 0.1) is 13.8 Å². The molecule has 1 unspecified atom stereocenters. The fourth-order valence-electron chi connectivity index (χ4n) is 3.00. The Bertz CT molecular complexity index is 839. The third-order valence-electron chi connectivity index (χ3n) is 4.20. The Labute approximate surface area is 178 Å². The Morgan fingerprint density at radius 3 is 2.59 bits per heavy atom. The van der Waals surface area contributed by atoms with Crippen molar-refractivity contribution in [2.75, 3.05) is 13.1 Å². The van der Waals surface area contributed by atoms with Gasteiger partial charge in [0.15, 0.2) is 5.96 Å². The first-order valence-corrected chi connectivity index (χ1v) is 9.86. The van der Waals surface area contributed by atoms with Crippen molar-refractivity contribution in [3.63, 3.8) is 0 Å². The molecular weight excluding hydrogens is 425 g/mol. The van der Waals surface area contributed by atoms with E-state index in [1.165, 1.54) is 12.1 Å². The third kappa shape index (κ3) is 6.47. The van der Waals surface area contributed by atoms with Crippen LogP contribution in [0.3, 0.4) is 0 Å². The zero-order valence-corrected chi connectivity index (χ0v) is 18.2. The lowest BCUT2D eigenvalue weighted by molar-refractivity contribution is -0.0503. The first-order valence-electron chi connectivity index (χ1n) is 9.10. The highest BCUT2D eigenvalue weighted by atomic mass is 35.5. The molecule has 2 aromatic rings.